The highest BCUT2D eigenvalue weighted by atomic mass is 16.2. The largest absolute Gasteiger partial charge is 0.352 e. The maximum absolute atomic E-state index is 12.4. The van der Waals surface area contributed by atoms with E-state index in [2.05, 4.69) is 5.32 Å². The normalized spacial score (nSPS) is 13.1. The molecule has 3 amide bonds. The topological polar surface area (TPSA) is 66.5 Å². The molecule has 5 heteroatoms. The van der Waals surface area contributed by atoms with Gasteiger partial charge < -0.3 is 5.32 Å². The van der Waals surface area contributed by atoms with Gasteiger partial charge in [0.1, 0.15) is 0 Å². The molecular weight excluding hydrogens is 316 g/mol. The average Bonchev–Trinajstić information content (AvgIpc) is 2.83. The van der Waals surface area contributed by atoms with Crippen LogP contribution in [0.25, 0.3) is 0 Å². The van der Waals surface area contributed by atoms with Crippen LogP contribution in [0.2, 0.25) is 0 Å². The van der Waals surface area contributed by atoms with Gasteiger partial charge in [0.25, 0.3) is 11.8 Å². The van der Waals surface area contributed by atoms with Gasteiger partial charge in [-0.3, -0.25) is 19.3 Å². The van der Waals surface area contributed by atoms with Crippen molar-refractivity contribution in [3.8, 4) is 0 Å². The van der Waals surface area contributed by atoms with E-state index in [4.69, 9.17) is 0 Å². The fourth-order valence-electron chi connectivity index (χ4n) is 2.91. The number of amides is 3. The number of nitrogens with one attached hydrogen (secondary N) is 1. The van der Waals surface area contributed by atoms with Crippen molar-refractivity contribution >= 4 is 17.7 Å². The fourth-order valence-corrected chi connectivity index (χ4v) is 2.91. The molecule has 25 heavy (non-hydrogen) atoms. The molecule has 0 unspecified atom stereocenters. The maximum Gasteiger partial charge on any atom is 0.261 e. The molecule has 0 saturated carbocycles. The second-order valence-electron chi connectivity index (χ2n) is 6.26. The summed E-state index contributed by atoms with van der Waals surface area (Å²) in [4.78, 5) is 37.9. The molecule has 1 N–H and O–H groups in total. The molecule has 3 rings (SSSR count). The van der Waals surface area contributed by atoms with E-state index < -0.39 is 0 Å². The summed E-state index contributed by atoms with van der Waals surface area (Å²) in [6.45, 7) is 4.39. The third kappa shape index (κ3) is 3.45. The maximum atomic E-state index is 12.4. The van der Waals surface area contributed by atoms with Gasteiger partial charge in [-0.15, -0.1) is 0 Å². The van der Waals surface area contributed by atoms with Crippen molar-refractivity contribution < 1.29 is 14.4 Å². The number of aryl methyl sites for hydroxylation is 2. The number of carbonyl (C=O) groups is 3. The third-order valence-corrected chi connectivity index (χ3v) is 4.43. The molecule has 0 bridgehead atoms. The Labute approximate surface area is 146 Å². The molecule has 1 aliphatic rings. The molecule has 0 atom stereocenters. The first kappa shape index (κ1) is 16.9. The van der Waals surface area contributed by atoms with Crippen molar-refractivity contribution in [1.29, 1.82) is 0 Å². The summed E-state index contributed by atoms with van der Waals surface area (Å²) in [5, 5.41) is 2.84. The highest BCUT2D eigenvalue weighted by Gasteiger charge is 2.35. The molecule has 0 aliphatic carbocycles. The molecule has 0 spiro atoms. The first-order chi connectivity index (χ1) is 12.0. The van der Waals surface area contributed by atoms with Gasteiger partial charge in [-0.25, -0.2) is 0 Å². The number of hydrogen-bond donors (Lipinski definition) is 1. The zero-order valence-electron chi connectivity index (χ0n) is 14.3. The predicted octanol–water partition coefficient (Wildman–Crippen LogP) is 2.61. The van der Waals surface area contributed by atoms with Gasteiger partial charge in [-0.05, 0) is 37.1 Å². The molecule has 5 nitrogen and oxygen atoms in total. The van der Waals surface area contributed by atoms with Gasteiger partial charge in [-0.2, -0.15) is 0 Å². The summed E-state index contributed by atoms with van der Waals surface area (Å²) < 4.78 is 0. The quantitative estimate of drug-likeness (QED) is 0.854. The molecule has 1 aliphatic heterocycles. The van der Waals surface area contributed by atoms with Gasteiger partial charge in [0, 0.05) is 19.5 Å². The van der Waals surface area contributed by atoms with Gasteiger partial charge in [0.05, 0.1) is 11.1 Å². The van der Waals surface area contributed by atoms with E-state index in [1.54, 1.807) is 12.1 Å². The first-order valence-electron chi connectivity index (χ1n) is 8.25. The first-order valence-corrected chi connectivity index (χ1v) is 8.25. The molecule has 0 aromatic heterocycles. The van der Waals surface area contributed by atoms with Crippen molar-refractivity contribution in [3.05, 3.63) is 70.3 Å². The molecule has 0 radical (unpaired) electrons. The highest BCUT2D eigenvalue weighted by Crippen LogP contribution is 2.23. The summed E-state index contributed by atoms with van der Waals surface area (Å²) >= 11 is 0. The zero-order chi connectivity index (χ0) is 18.0. The van der Waals surface area contributed by atoms with Crippen molar-refractivity contribution in [1.82, 2.24) is 10.2 Å². The highest BCUT2D eigenvalue weighted by molar-refractivity contribution is 6.21. The number of carbonyl (C=O) groups excluding carboxylic acids is 3. The summed E-state index contributed by atoms with van der Waals surface area (Å²) in [5.41, 5.74) is 3.92. The molecule has 1 heterocycles. The van der Waals surface area contributed by atoms with Gasteiger partial charge in [-0.1, -0.05) is 35.9 Å². The van der Waals surface area contributed by atoms with E-state index in [0.717, 1.165) is 21.6 Å². The molecular formula is C20H20N2O3. The molecule has 2 aromatic rings. The SMILES string of the molecule is Cc1ccc2c(c1)C(=O)N(CCC(=O)NCc1ccccc1C)C2=O. The van der Waals surface area contributed by atoms with E-state index in [0.29, 0.717) is 17.7 Å². The molecule has 0 fully saturated rings. The van der Waals surface area contributed by atoms with E-state index in [-0.39, 0.29) is 30.7 Å². The Kier molecular flexibility index (Phi) is 4.65. The van der Waals surface area contributed by atoms with Crippen LogP contribution in [0.3, 0.4) is 0 Å². The minimum atomic E-state index is -0.327. The number of rotatable bonds is 5. The molecule has 128 valence electrons. The van der Waals surface area contributed by atoms with Crippen LogP contribution in [0.5, 0.6) is 0 Å². The van der Waals surface area contributed by atoms with Gasteiger partial charge in [0.15, 0.2) is 0 Å². The summed E-state index contributed by atoms with van der Waals surface area (Å²) in [7, 11) is 0. The fraction of sp³-hybridized carbons (Fsp3) is 0.250. The lowest BCUT2D eigenvalue weighted by molar-refractivity contribution is -0.121. The summed E-state index contributed by atoms with van der Waals surface area (Å²) in [6.07, 6.45) is 0.0936. The minimum Gasteiger partial charge on any atom is -0.352 e. The lowest BCUT2D eigenvalue weighted by atomic mass is 10.1. The Bertz CT molecular complexity index is 858. The summed E-state index contributed by atoms with van der Waals surface area (Å²) in [5.74, 6) is -0.835. The smallest absolute Gasteiger partial charge is 0.261 e. The summed E-state index contributed by atoms with van der Waals surface area (Å²) in [6, 6.07) is 13.0. The van der Waals surface area contributed by atoms with Crippen LogP contribution in [-0.2, 0) is 11.3 Å². The van der Waals surface area contributed by atoms with E-state index in [1.807, 2.05) is 44.2 Å². The number of nitrogens with zero attached hydrogens (tertiary/aromatic N) is 1. The zero-order valence-corrected chi connectivity index (χ0v) is 14.3. The van der Waals surface area contributed by atoms with Crippen molar-refractivity contribution in [2.75, 3.05) is 6.54 Å². The van der Waals surface area contributed by atoms with E-state index in [1.165, 1.54) is 0 Å². The van der Waals surface area contributed by atoms with Crippen LogP contribution in [0, 0.1) is 13.8 Å². The average molecular weight is 336 g/mol. The lowest BCUT2D eigenvalue weighted by Gasteiger charge is -2.14. The van der Waals surface area contributed by atoms with E-state index in [9.17, 15) is 14.4 Å². The molecule has 2 aromatic carbocycles. The Morgan fingerprint density at radius 3 is 2.48 bits per heavy atom. The second kappa shape index (κ2) is 6.89. The van der Waals surface area contributed by atoms with Crippen LogP contribution in [0.4, 0.5) is 0 Å². The van der Waals surface area contributed by atoms with Crippen molar-refractivity contribution in [3.63, 3.8) is 0 Å². The van der Waals surface area contributed by atoms with Crippen molar-refractivity contribution in [2.24, 2.45) is 0 Å². The Hall–Kier alpha value is -2.95. The number of imide groups is 1. The second-order valence-corrected chi connectivity index (χ2v) is 6.26. The number of hydrogen-bond acceptors (Lipinski definition) is 3. The minimum absolute atomic E-state index is 0.0883. The monoisotopic (exact) mass is 336 g/mol. The number of fused-ring (bicyclic) bond motifs is 1. The molecule has 0 saturated heterocycles. The van der Waals surface area contributed by atoms with Crippen LogP contribution < -0.4 is 5.32 Å². The van der Waals surface area contributed by atoms with Crippen molar-refractivity contribution in [2.45, 2.75) is 26.8 Å². The van der Waals surface area contributed by atoms with Crippen LogP contribution in [0.1, 0.15) is 43.8 Å². The van der Waals surface area contributed by atoms with Crippen LogP contribution in [-0.4, -0.2) is 29.2 Å². The number of benzene rings is 2. The lowest BCUT2D eigenvalue weighted by Crippen LogP contribution is -2.34. The van der Waals surface area contributed by atoms with Gasteiger partial charge >= 0.3 is 0 Å². The Morgan fingerprint density at radius 2 is 1.72 bits per heavy atom. The predicted molar refractivity (Wildman–Crippen MR) is 94.2 cm³/mol. The van der Waals surface area contributed by atoms with Gasteiger partial charge in [0.2, 0.25) is 5.91 Å². The third-order valence-electron chi connectivity index (χ3n) is 4.43. The van der Waals surface area contributed by atoms with Crippen LogP contribution >= 0.6 is 0 Å². The Morgan fingerprint density at radius 1 is 1.00 bits per heavy atom. The Balaban J connectivity index is 1.57. The standard InChI is InChI=1S/C20H20N2O3/c1-13-7-8-16-17(11-13)20(25)22(19(16)24)10-9-18(23)21-12-15-6-4-3-5-14(15)2/h3-8,11H,9-10,12H2,1-2H3,(H,21,23). The van der Waals surface area contributed by atoms with E-state index >= 15 is 0 Å². The van der Waals surface area contributed by atoms with Crippen LogP contribution in [0.15, 0.2) is 42.5 Å².